The van der Waals surface area contributed by atoms with Crippen molar-refractivity contribution in [3.05, 3.63) is 83.9 Å². The van der Waals surface area contributed by atoms with Gasteiger partial charge >= 0.3 is 0 Å². The summed E-state index contributed by atoms with van der Waals surface area (Å²) in [7, 11) is -2.45. The average Bonchev–Trinajstić information content (AvgIpc) is 3.00. The molecule has 1 atom stereocenters. The Hall–Kier alpha value is -3.89. The second-order valence-electron chi connectivity index (χ2n) is 9.85. The molecule has 9 nitrogen and oxygen atoms in total. The van der Waals surface area contributed by atoms with Crippen LogP contribution >= 0.6 is 0 Å². The first kappa shape index (κ1) is 27.7. The van der Waals surface area contributed by atoms with Crippen LogP contribution < -0.4 is 19.7 Å². The van der Waals surface area contributed by atoms with Gasteiger partial charge in [0.05, 0.1) is 19.3 Å². The third kappa shape index (κ3) is 5.83. The van der Waals surface area contributed by atoms with Crippen molar-refractivity contribution in [3.8, 4) is 11.5 Å². The molecular formula is C30H33N3O6S. The number of fused-ring (bicyclic) bond motifs is 1. The molecule has 0 saturated carbocycles. The third-order valence-electron chi connectivity index (χ3n) is 7.21. The third-order valence-corrected chi connectivity index (χ3v) is 9.13. The molecule has 1 fully saturated rings. The second-order valence-corrected chi connectivity index (χ2v) is 11.8. The molecule has 40 heavy (non-hydrogen) atoms. The zero-order valence-corrected chi connectivity index (χ0v) is 23.2. The predicted octanol–water partition coefficient (Wildman–Crippen LogP) is 3.64. The Bertz CT molecular complexity index is 1470. The molecule has 10 heteroatoms. The van der Waals surface area contributed by atoms with Crippen molar-refractivity contribution < 1.29 is 27.5 Å². The van der Waals surface area contributed by atoms with Gasteiger partial charge < -0.3 is 19.7 Å². The molecule has 1 N–H and O–H groups in total. The standard InChI is InChI=1S/C30H33N3O6S/c1-38-26-15-14-23(20-28(26)40(36,37)32-18-8-3-9-19-32)30(35)33-21-27(39-25-13-7-6-12-24(25)33)29(34)31-17-16-22-10-4-2-5-11-22/h2,4-7,10-15,20,27H,3,8-9,16-19,21H2,1H3,(H,31,34). The number of sulfonamides is 1. The van der Waals surface area contributed by atoms with Gasteiger partial charge in [-0.15, -0.1) is 0 Å². The normalized spacial score (nSPS) is 17.4. The van der Waals surface area contributed by atoms with Crippen LogP contribution in [0.1, 0.15) is 35.2 Å². The van der Waals surface area contributed by atoms with E-state index in [4.69, 9.17) is 9.47 Å². The molecule has 0 aliphatic carbocycles. The van der Waals surface area contributed by atoms with Crippen LogP contribution in [0.3, 0.4) is 0 Å². The molecule has 0 radical (unpaired) electrons. The number of para-hydroxylation sites is 2. The van der Waals surface area contributed by atoms with E-state index < -0.39 is 22.0 Å². The van der Waals surface area contributed by atoms with E-state index >= 15 is 0 Å². The predicted molar refractivity (Wildman–Crippen MR) is 151 cm³/mol. The summed E-state index contributed by atoms with van der Waals surface area (Å²) >= 11 is 0. The SMILES string of the molecule is COc1ccc(C(=O)N2CC(C(=O)NCCc3ccccc3)Oc3ccccc32)cc1S(=O)(=O)N1CCCCC1. The molecule has 2 heterocycles. The molecular weight excluding hydrogens is 530 g/mol. The molecule has 0 bridgehead atoms. The van der Waals surface area contributed by atoms with Gasteiger partial charge in [-0.3, -0.25) is 9.59 Å². The zero-order valence-electron chi connectivity index (χ0n) is 22.4. The highest BCUT2D eigenvalue weighted by molar-refractivity contribution is 7.89. The largest absolute Gasteiger partial charge is 0.495 e. The van der Waals surface area contributed by atoms with Crippen LogP contribution in [0.5, 0.6) is 11.5 Å². The van der Waals surface area contributed by atoms with Crippen molar-refractivity contribution in [2.24, 2.45) is 0 Å². The Morgan fingerprint density at radius 1 is 0.975 bits per heavy atom. The van der Waals surface area contributed by atoms with E-state index in [1.165, 1.54) is 28.4 Å². The summed E-state index contributed by atoms with van der Waals surface area (Å²) in [6, 6.07) is 21.3. The maximum Gasteiger partial charge on any atom is 0.262 e. The van der Waals surface area contributed by atoms with Gasteiger partial charge in [-0.2, -0.15) is 4.31 Å². The zero-order chi connectivity index (χ0) is 28.1. The summed E-state index contributed by atoms with van der Waals surface area (Å²) in [4.78, 5) is 28.4. The minimum absolute atomic E-state index is 0.0206. The monoisotopic (exact) mass is 563 g/mol. The molecule has 210 valence electrons. The number of piperidine rings is 1. The molecule has 3 aromatic rings. The fraction of sp³-hybridized carbons (Fsp3) is 0.333. The van der Waals surface area contributed by atoms with Crippen LogP contribution in [0.25, 0.3) is 0 Å². The number of carbonyl (C=O) groups is 2. The number of carbonyl (C=O) groups excluding carboxylic acids is 2. The van der Waals surface area contributed by atoms with Gasteiger partial charge in [0.1, 0.15) is 16.4 Å². The van der Waals surface area contributed by atoms with Gasteiger partial charge in [-0.1, -0.05) is 48.9 Å². The van der Waals surface area contributed by atoms with Crippen LogP contribution in [0.2, 0.25) is 0 Å². The highest BCUT2D eigenvalue weighted by Gasteiger charge is 2.35. The first-order chi connectivity index (χ1) is 19.4. The van der Waals surface area contributed by atoms with Crippen LogP contribution in [0.15, 0.2) is 77.7 Å². The van der Waals surface area contributed by atoms with Crippen molar-refractivity contribution in [3.63, 3.8) is 0 Å². The van der Waals surface area contributed by atoms with Crippen LogP contribution in [-0.2, 0) is 21.2 Å². The summed E-state index contributed by atoms with van der Waals surface area (Å²) in [6.45, 7) is 1.27. The van der Waals surface area contributed by atoms with Crippen LogP contribution in [0, 0.1) is 0 Å². The summed E-state index contributed by atoms with van der Waals surface area (Å²) in [5.74, 6) is -0.179. The van der Waals surface area contributed by atoms with E-state index in [0.717, 1.165) is 24.8 Å². The maximum atomic E-state index is 13.9. The van der Waals surface area contributed by atoms with Gasteiger partial charge in [0.15, 0.2) is 6.10 Å². The Balaban J connectivity index is 1.38. The fourth-order valence-corrected chi connectivity index (χ4v) is 6.76. The highest BCUT2D eigenvalue weighted by Crippen LogP contribution is 2.35. The quantitative estimate of drug-likeness (QED) is 0.449. The number of amides is 2. The minimum atomic E-state index is -3.86. The number of benzene rings is 3. The minimum Gasteiger partial charge on any atom is -0.495 e. The number of hydrogen-bond donors (Lipinski definition) is 1. The lowest BCUT2D eigenvalue weighted by molar-refractivity contribution is -0.127. The smallest absolute Gasteiger partial charge is 0.262 e. The van der Waals surface area contributed by atoms with E-state index in [1.54, 1.807) is 30.3 Å². The molecule has 1 saturated heterocycles. The molecule has 0 spiro atoms. The van der Waals surface area contributed by atoms with Gasteiger partial charge in [0.2, 0.25) is 10.0 Å². The molecule has 0 aromatic heterocycles. The van der Waals surface area contributed by atoms with E-state index in [-0.39, 0.29) is 28.7 Å². The van der Waals surface area contributed by atoms with E-state index in [0.29, 0.717) is 37.5 Å². The number of hydrogen-bond acceptors (Lipinski definition) is 6. The number of ether oxygens (including phenoxy) is 2. The summed E-state index contributed by atoms with van der Waals surface area (Å²) in [5.41, 5.74) is 1.79. The maximum absolute atomic E-state index is 13.9. The van der Waals surface area contributed by atoms with Gasteiger partial charge in [0, 0.05) is 25.2 Å². The van der Waals surface area contributed by atoms with Gasteiger partial charge in [0.25, 0.3) is 11.8 Å². The molecule has 3 aromatic carbocycles. The van der Waals surface area contributed by atoms with Crippen molar-refractivity contribution in [1.82, 2.24) is 9.62 Å². The van der Waals surface area contributed by atoms with Gasteiger partial charge in [-0.25, -0.2) is 8.42 Å². The molecule has 5 rings (SSSR count). The number of anilines is 1. The lowest BCUT2D eigenvalue weighted by atomic mass is 10.1. The number of methoxy groups -OCH3 is 1. The lowest BCUT2D eigenvalue weighted by Gasteiger charge is -2.34. The molecule has 1 unspecified atom stereocenters. The highest BCUT2D eigenvalue weighted by atomic mass is 32.2. The second kappa shape index (κ2) is 12.1. The Morgan fingerprint density at radius 3 is 2.45 bits per heavy atom. The van der Waals surface area contributed by atoms with Crippen molar-refractivity contribution in [1.29, 1.82) is 0 Å². The Labute approximate surface area is 234 Å². The topological polar surface area (TPSA) is 105 Å². The molecule has 2 aliphatic rings. The number of nitrogens with one attached hydrogen (secondary N) is 1. The fourth-order valence-electron chi connectivity index (χ4n) is 5.06. The lowest BCUT2D eigenvalue weighted by Crippen LogP contribution is -2.51. The summed E-state index contributed by atoms with van der Waals surface area (Å²) < 4.78 is 39.8. The first-order valence-corrected chi connectivity index (χ1v) is 14.9. The van der Waals surface area contributed by atoms with E-state index in [9.17, 15) is 18.0 Å². The van der Waals surface area contributed by atoms with Crippen molar-refractivity contribution in [2.75, 3.05) is 38.2 Å². The van der Waals surface area contributed by atoms with E-state index in [2.05, 4.69) is 5.32 Å². The van der Waals surface area contributed by atoms with Crippen molar-refractivity contribution >= 4 is 27.5 Å². The average molecular weight is 564 g/mol. The van der Waals surface area contributed by atoms with E-state index in [1.807, 2.05) is 30.3 Å². The number of nitrogens with zero attached hydrogens (tertiary/aromatic N) is 2. The van der Waals surface area contributed by atoms with Crippen molar-refractivity contribution in [2.45, 2.75) is 36.7 Å². The molecule has 2 amide bonds. The summed E-state index contributed by atoms with van der Waals surface area (Å²) in [6.07, 6.45) is 2.31. The Morgan fingerprint density at radius 2 is 1.70 bits per heavy atom. The first-order valence-electron chi connectivity index (χ1n) is 13.5. The van der Waals surface area contributed by atoms with Gasteiger partial charge in [-0.05, 0) is 55.2 Å². The van der Waals surface area contributed by atoms with Crippen LogP contribution in [-0.4, -0.2) is 63.9 Å². The number of rotatable bonds is 8. The summed E-state index contributed by atoms with van der Waals surface area (Å²) in [5, 5.41) is 2.91. The van der Waals surface area contributed by atoms with Crippen LogP contribution in [0.4, 0.5) is 5.69 Å². The molecule has 2 aliphatic heterocycles. The Kier molecular flexibility index (Phi) is 8.37.